The van der Waals surface area contributed by atoms with Crippen molar-refractivity contribution < 1.29 is 9.50 Å². The molecule has 0 bridgehead atoms. The van der Waals surface area contributed by atoms with E-state index in [2.05, 4.69) is 12.0 Å². The Balaban J connectivity index is 2.65. The summed E-state index contributed by atoms with van der Waals surface area (Å²) in [5.41, 5.74) is 4.49. The minimum absolute atomic E-state index is 0.350. The standard InChI is InChI=1S/C15H19FN2O/c1-5-13-9(2)17-18(10(13)3)15-7-6-12(16)8-14(15)11(4)19/h6-8,11,19H,5H2,1-4H3/t11-/m1/s1. The number of aryl methyl sites for hydroxylation is 1. The predicted molar refractivity (Wildman–Crippen MR) is 73.0 cm³/mol. The number of aliphatic hydroxyl groups is 1. The van der Waals surface area contributed by atoms with Gasteiger partial charge in [0, 0.05) is 11.3 Å². The number of benzene rings is 1. The summed E-state index contributed by atoms with van der Waals surface area (Å²) in [5.74, 6) is -0.350. The lowest BCUT2D eigenvalue weighted by molar-refractivity contribution is 0.198. The molecule has 102 valence electrons. The van der Waals surface area contributed by atoms with Crippen molar-refractivity contribution in [2.45, 2.75) is 40.2 Å². The molecule has 0 aliphatic heterocycles. The van der Waals surface area contributed by atoms with Gasteiger partial charge < -0.3 is 5.11 Å². The van der Waals surface area contributed by atoms with Crippen molar-refractivity contribution in [2.24, 2.45) is 0 Å². The van der Waals surface area contributed by atoms with E-state index in [4.69, 9.17) is 0 Å². The van der Waals surface area contributed by atoms with Crippen LogP contribution in [-0.2, 0) is 6.42 Å². The number of rotatable bonds is 3. The average molecular weight is 262 g/mol. The molecule has 3 nitrogen and oxygen atoms in total. The number of aromatic nitrogens is 2. The third-order valence-corrected chi connectivity index (χ3v) is 3.46. The van der Waals surface area contributed by atoms with Gasteiger partial charge in [0.25, 0.3) is 0 Å². The Morgan fingerprint density at radius 3 is 2.58 bits per heavy atom. The van der Waals surface area contributed by atoms with E-state index in [9.17, 15) is 9.50 Å². The van der Waals surface area contributed by atoms with Gasteiger partial charge in [-0.15, -0.1) is 0 Å². The summed E-state index contributed by atoms with van der Waals surface area (Å²) < 4.78 is 15.1. The van der Waals surface area contributed by atoms with Crippen LogP contribution in [0.25, 0.3) is 5.69 Å². The molecule has 0 aliphatic carbocycles. The molecule has 0 aliphatic rings. The first-order chi connectivity index (χ1) is 8.95. The summed E-state index contributed by atoms with van der Waals surface area (Å²) in [6, 6.07) is 4.42. The molecule has 1 aromatic carbocycles. The van der Waals surface area contributed by atoms with Crippen LogP contribution in [0, 0.1) is 19.7 Å². The van der Waals surface area contributed by atoms with Gasteiger partial charge in [0.2, 0.25) is 0 Å². The average Bonchev–Trinajstić information content (AvgIpc) is 2.64. The van der Waals surface area contributed by atoms with Crippen LogP contribution in [0.2, 0.25) is 0 Å². The van der Waals surface area contributed by atoms with Crippen molar-refractivity contribution in [2.75, 3.05) is 0 Å². The van der Waals surface area contributed by atoms with Gasteiger partial charge >= 0.3 is 0 Å². The minimum atomic E-state index is -0.736. The maximum atomic E-state index is 13.3. The summed E-state index contributed by atoms with van der Waals surface area (Å²) >= 11 is 0. The highest BCUT2D eigenvalue weighted by Gasteiger charge is 2.16. The Labute approximate surface area is 112 Å². The first-order valence-electron chi connectivity index (χ1n) is 6.48. The SMILES string of the molecule is CCc1c(C)nn(-c2ccc(F)cc2[C@@H](C)O)c1C. The lowest BCUT2D eigenvalue weighted by atomic mass is 10.1. The molecule has 1 aromatic heterocycles. The van der Waals surface area contributed by atoms with Gasteiger partial charge in [0.15, 0.2) is 0 Å². The van der Waals surface area contributed by atoms with Gasteiger partial charge in [-0.05, 0) is 51.0 Å². The summed E-state index contributed by atoms with van der Waals surface area (Å²) in [7, 11) is 0. The Kier molecular flexibility index (Phi) is 3.71. The van der Waals surface area contributed by atoms with Gasteiger partial charge in [0.05, 0.1) is 17.5 Å². The van der Waals surface area contributed by atoms with Crippen molar-refractivity contribution in [1.29, 1.82) is 0 Å². The second-order valence-electron chi connectivity index (χ2n) is 4.79. The van der Waals surface area contributed by atoms with E-state index < -0.39 is 6.10 Å². The molecule has 2 aromatic rings. The van der Waals surface area contributed by atoms with Crippen LogP contribution < -0.4 is 0 Å². The van der Waals surface area contributed by atoms with Gasteiger partial charge in [0.1, 0.15) is 5.82 Å². The number of halogens is 1. The monoisotopic (exact) mass is 262 g/mol. The highest BCUT2D eigenvalue weighted by Crippen LogP contribution is 2.25. The van der Waals surface area contributed by atoms with Crippen molar-refractivity contribution >= 4 is 0 Å². The van der Waals surface area contributed by atoms with Crippen molar-refractivity contribution in [3.63, 3.8) is 0 Å². The topological polar surface area (TPSA) is 38.0 Å². The second kappa shape index (κ2) is 5.13. The van der Waals surface area contributed by atoms with Crippen LogP contribution in [0.4, 0.5) is 4.39 Å². The van der Waals surface area contributed by atoms with E-state index in [1.54, 1.807) is 17.7 Å². The molecule has 1 atom stereocenters. The van der Waals surface area contributed by atoms with Crippen molar-refractivity contribution in [1.82, 2.24) is 9.78 Å². The van der Waals surface area contributed by atoms with Gasteiger partial charge in [-0.1, -0.05) is 6.92 Å². The van der Waals surface area contributed by atoms with Crippen LogP contribution in [0.3, 0.4) is 0 Å². The second-order valence-corrected chi connectivity index (χ2v) is 4.79. The summed E-state index contributed by atoms with van der Waals surface area (Å²) in [6.45, 7) is 7.67. The molecule has 0 radical (unpaired) electrons. The molecule has 4 heteroatoms. The quantitative estimate of drug-likeness (QED) is 0.922. The van der Waals surface area contributed by atoms with E-state index in [0.29, 0.717) is 5.56 Å². The van der Waals surface area contributed by atoms with Crippen LogP contribution in [0.5, 0.6) is 0 Å². The van der Waals surface area contributed by atoms with E-state index in [1.807, 2.05) is 13.8 Å². The Morgan fingerprint density at radius 1 is 1.37 bits per heavy atom. The maximum Gasteiger partial charge on any atom is 0.123 e. The van der Waals surface area contributed by atoms with E-state index in [0.717, 1.165) is 23.5 Å². The number of hydrogen-bond acceptors (Lipinski definition) is 2. The molecule has 1 heterocycles. The van der Waals surface area contributed by atoms with E-state index >= 15 is 0 Å². The zero-order chi connectivity index (χ0) is 14.2. The first-order valence-corrected chi connectivity index (χ1v) is 6.48. The Bertz CT molecular complexity index is 602. The summed E-state index contributed by atoms with van der Waals surface area (Å²) in [4.78, 5) is 0. The molecule has 0 unspecified atom stereocenters. The zero-order valence-electron chi connectivity index (χ0n) is 11.7. The van der Waals surface area contributed by atoms with Gasteiger partial charge in [-0.3, -0.25) is 0 Å². The summed E-state index contributed by atoms with van der Waals surface area (Å²) in [6.07, 6.45) is 0.169. The lowest BCUT2D eigenvalue weighted by Crippen LogP contribution is -2.06. The molecule has 2 rings (SSSR count). The van der Waals surface area contributed by atoms with Crippen molar-refractivity contribution in [3.05, 3.63) is 46.5 Å². The molecule has 0 saturated carbocycles. The zero-order valence-corrected chi connectivity index (χ0v) is 11.7. The number of aliphatic hydroxyl groups excluding tert-OH is 1. The predicted octanol–water partition coefficient (Wildman–Crippen LogP) is 3.24. The molecule has 0 spiro atoms. The fourth-order valence-electron chi connectivity index (χ4n) is 2.47. The molecule has 0 fully saturated rings. The van der Waals surface area contributed by atoms with Crippen LogP contribution in [0.1, 0.15) is 42.5 Å². The molecule has 1 N–H and O–H groups in total. The maximum absolute atomic E-state index is 13.3. The molecular weight excluding hydrogens is 243 g/mol. The van der Waals surface area contributed by atoms with E-state index in [1.165, 1.54) is 17.7 Å². The van der Waals surface area contributed by atoms with Crippen LogP contribution in [-0.4, -0.2) is 14.9 Å². The normalized spacial score (nSPS) is 12.7. The summed E-state index contributed by atoms with van der Waals surface area (Å²) in [5, 5.41) is 14.3. The smallest absolute Gasteiger partial charge is 0.123 e. The van der Waals surface area contributed by atoms with Gasteiger partial charge in [-0.2, -0.15) is 5.10 Å². The fraction of sp³-hybridized carbons (Fsp3) is 0.400. The molecule has 0 amide bonds. The number of nitrogens with zero attached hydrogens (tertiary/aromatic N) is 2. The minimum Gasteiger partial charge on any atom is -0.389 e. The van der Waals surface area contributed by atoms with E-state index in [-0.39, 0.29) is 5.82 Å². The third-order valence-electron chi connectivity index (χ3n) is 3.46. The largest absolute Gasteiger partial charge is 0.389 e. The molecule has 19 heavy (non-hydrogen) atoms. The Hall–Kier alpha value is -1.68. The molecule has 0 saturated heterocycles. The van der Waals surface area contributed by atoms with Crippen LogP contribution >= 0.6 is 0 Å². The highest BCUT2D eigenvalue weighted by molar-refractivity contribution is 5.45. The third kappa shape index (κ3) is 2.40. The van der Waals surface area contributed by atoms with Gasteiger partial charge in [-0.25, -0.2) is 9.07 Å². The number of hydrogen-bond donors (Lipinski definition) is 1. The van der Waals surface area contributed by atoms with Crippen molar-refractivity contribution in [3.8, 4) is 5.69 Å². The van der Waals surface area contributed by atoms with Crippen LogP contribution in [0.15, 0.2) is 18.2 Å². The highest BCUT2D eigenvalue weighted by atomic mass is 19.1. The molecular formula is C15H19FN2O. The Morgan fingerprint density at radius 2 is 2.05 bits per heavy atom. The first kappa shape index (κ1) is 13.7. The fourth-order valence-corrected chi connectivity index (χ4v) is 2.47. The lowest BCUT2D eigenvalue weighted by Gasteiger charge is -2.13.